The summed E-state index contributed by atoms with van der Waals surface area (Å²) in [6, 6.07) is 3.56. The van der Waals surface area contributed by atoms with Crippen LogP contribution in [0.2, 0.25) is 0 Å². The van der Waals surface area contributed by atoms with Crippen molar-refractivity contribution in [2.45, 2.75) is 38.3 Å². The van der Waals surface area contributed by atoms with Gasteiger partial charge in [0.25, 0.3) is 0 Å². The maximum Gasteiger partial charge on any atom is 0.340 e. The van der Waals surface area contributed by atoms with Crippen LogP contribution < -0.4 is 11.1 Å². The molecule has 3 N–H and O–H groups in total. The van der Waals surface area contributed by atoms with Crippen molar-refractivity contribution < 1.29 is 9.59 Å². The highest BCUT2D eigenvalue weighted by molar-refractivity contribution is 5.92. The Kier molecular flexibility index (Phi) is 3.72. The molecule has 0 radical (unpaired) electrons. The fourth-order valence-electron chi connectivity index (χ4n) is 3.90. The minimum absolute atomic E-state index is 0.216. The lowest BCUT2D eigenvalue weighted by Crippen LogP contribution is -2.45. The highest BCUT2D eigenvalue weighted by Crippen LogP contribution is 2.29. The summed E-state index contributed by atoms with van der Waals surface area (Å²) < 4.78 is 1.22. The number of primary amides is 1. The van der Waals surface area contributed by atoms with Gasteiger partial charge >= 0.3 is 6.03 Å². The number of rotatable bonds is 1. The second-order valence-corrected chi connectivity index (χ2v) is 6.53. The minimum atomic E-state index is -0.593. The Morgan fingerprint density at radius 1 is 1.25 bits per heavy atom. The van der Waals surface area contributed by atoms with Gasteiger partial charge in [-0.15, -0.1) is 0 Å². The molecule has 2 aliphatic rings. The van der Waals surface area contributed by atoms with Gasteiger partial charge in [0, 0.05) is 24.4 Å². The summed E-state index contributed by atoms with van der Waals surface area (Å²) in [7, 11) is 0. The molecule has 0 unspecified atom stereocenters. The highest BCUT2D eigenvalue weighted by Gasteiger charge is 2.29. The average molecular weight is 327 g/mol. The van der Waals surface area contributed by atoms with Crippen molar-refractivity contribution in [2.24, 2.45) is 5.73 Å². The molecule has 1 fully saturated rings. The molecule has 0 saturated carbocycles. The van der Waals surface area contributed by atoms with E-state index < -0.39 is 6.03 Å². The molecule has 7 nitrogen and oxygen atoms in total. The summed E-state index contributed by atoms with van der Waals surface area (Å²) in [6.45, 7) is 2.48. The number of carbonyl (C=O) groups excluding carboxylic acids is 2. The quantitative estimate of drug-likeness (QED) is 0.817. The maximum atomic E-state index is 12.6. The number of nitrogens with two attached hydrogens (primary N) is 1. The monoisotopic (exact) mass is 327 g/mol. The molecule has 0 spiro atoms. The number of aryl methyl sites for hydroxylation is 1. The number of hydrogen-bond donors (Lipinski definition) is 2. The Labute approximate surface area is 139 Å². The molecule has 1 aromatic carbocycles. The zero-order chi connectivity index (χ0) is 16.7. The fourth-order valence-corrected chi connectivity index (χ4v) is 3.90. The predicted octanol–water partition coefficient (Wildman–Crippen LogP) is 0.990. The molecule has 24 heavy (non-hydrogen) atoms. The van der Waals surface area contributed by atoms with E-state index in [4.69, 9.17) is 5.73 Å². The molecule has 7 heteroatoms. The largest absolute Gasteiger partial charge is 0.350 e. The van der Waals surface area contributed by atoms with Crippen LogP contribution in [0, 0.1) is 0 Å². The smallest absolute Gasteiger partial charge is 0.340 e. The summed E-state index contributed by atoms with van der Waals surface area (Å²) in [4.78, 5) is 26.2. The third-order valence-corrected chi connectivity index (χ3v) is 5.18. The molecular formula is C17H21N5O2. The van der Waals surface area contributed by atoms with Gasteiger partial charge in [-0.25, -0.2) is 4.79 Å². The number of hydrogen-bond acceptors (Lipinski definition) is 4. The number of carbonyl (C=O) groups is 2. The van der Waals surface area contributed by atoms with E-state index in [9.17, 15) is 9.59 Å². The fraction of sp³-hybridized carbons (Fsp3) is 0.471. The Bertz CT molecular complexity index is 807. The zero-order valence-electron chi connectivity index (χ0n) is 13.5. The summed E-state index contributed by atoms with van der Waals surface area (Å²) in [5, 5.41) is 8.38. The standard InChI is InChI=1S/C17H21N5O2/c18-17(24)22-15-3-1-11-2-4-16(23)21(12-5-7-19-8-6-12)10-14(11)13(15)9-20-22/h1,3,9,12,19H,2,4-8,10H2,(H2,18,24). The van der Waals surface area contributed by atoms with Gasteiger partial charge in [-0.3, -0.25) is 4.79 Å². The van der Waals surface area contributed by atoms with Gasteiger partial charge in [0.15, 0.2) is 0 Å². The molecule has 126 valence electrons. The first-order valence-corrected chi connectivity index (χ1v) is 8.43. The lowest BCUT2D eigenvalue weighted by molar-refractivity contribution is -0.134. The first kappa shape index (κ1) is 15.1. The molecule has 2 amide bonds. The van der Waals surface area contributed by atoms with E-state index in [0.29, 0.717) is 18.5 Å². The molecule has 1 aromatic heterocycles. The number of nitrogens with zero attached hydrogens (tertiary/aromatic N) is 3. The van der Waals surface area contributed by atoms with Crippen LogP contribution >= 0.6 is 0 Å². The van der Waals surface area contributed by atoms with Crippen molar-refractivity contribution in [1.82, 2.24) is 20.0 Å². The summed E-state index contributed by atoms with van der Waals surface area (Å²) in [5.41, 5.74) is 8.36. The van der Waals surface area contributed by atoms with Crippen LogP contribution in [0.1, 0.15) is 30.4 Å². The summed E-state index contributed by atoms with van der Waals surface area (Å²) in [5.74, 6) is 0.216. The number of nitrogens with one attached hydrogen (secondary N) is 1. The summed E-state index contributed by atoms with van der Waals surface area (Å²) in [6.07, 6.45) is 4.92. The zero-order valence-corrected chi connectivity index (χ0v) is 13.5. The molecule has 1 saturated heterocycles. The van der Waals surface area contributed by atoms with Crippen LogP contribution in [0.5, 0.6) is 0 Å². The lowest BCUT2D eigenvalue weighted by atomic mass is 10.00. The van der Waals surface area contributed by atoms with Gasteiger partial charge in [0.2, 0.25) is 5.91 Å². The van der Waals surface area contributed by atoms with Crippen LogP contribution in [0.25, 0.3) is 10.9 Å². The van der Waals surface area contributed by atoms with Crippen molar-refractivity contribution in [3.05, 3.63) is 29.5 Å². The number of benzene rings is 1. The Balaban J connectivity index is 1.77. The van der Waals surface area contributed by atoms with Crippen LogP contribution in [0.15, 0.2) is 18.3 Å². The molecule has 2 aromatic rings. The van der Waals surface area contributed by atoms with E-state index in [2.05, 4.69) is 10.4 Å². The Morgan fingerprint density at radius 3 is 2.79 bits per heavy atom. The van der Waals surface area contributed by atoms with E-state index in [0.717, 1.165) is 48.9 Å². The van der Waals surface area contributed by atoms with Gasteiger partial charge in [-0.05, 0) is 49.5 Å². The van der Waals surface area contributed by atoms with Crippen molar-refractivity contribution in [3.8, 4) is 0 Å². The van der Waals surface area contributed by atoms with E-state index in [-0.39, 0.29) is 11.9 Å². The Morgan fingerprint density at radius 2 is 2.04 bits per heavy atom. The van der Waals surface area contributed by atoms with Crippen molar-refractivity contribution in [2.75, 3.05) is 13.1 Å². The number of aromatic nitrogens is 2. The number of amides is 2. The first-order valence-electron chi connectivity index (χ1n) is 8.43. The SMILES string of the molecule is NC(=O)n1ncc2c3c(ccc21)CCC(=O)N(C1CCNCC1)C3. The Hall–Kier alpha value is -2.41. The molecule has 0 bridgehead atoms. The van der Waals surface area contributed by atoms with Crippen molar-refractivity contribution >= 4 is 22.8 Å². The van der Waals surface area contributed by atoms with Gasteiger partial charge in [0.05, 0.1) is 11.7 Å². The molecular weight excluding hydrogens is 306 g/mol. The average Bonchev–Trinajstić information content (AvgIpc) is 2.95. The van der Waals surface area contributed by atoms with E-state index in [1.165, 1.54) is 4.68 Å². The van der Waals surface area contributed by atoms with E-state index >= 15 is 0 Å². The third-order valence-electron chi connectivity index (χ3n) is 5.18. The van der Waals surface area contributed by atoms with Crippen LogP contribution in [0.3, 0.4) is 0 Å². The number of piperidine rings is 1. The van der Waals surface area contributed by atoms with E-state index in [1.54, 1.807) is 6.20 Å². The molecule has 0 atom stereocenters. The van der Waals surface area contributed by atoms with Gasteiger partial charge in [-0.1, -0.05) is 6.07 Å². The van der Waals surface area contributed by atoms with Gasteiger partial charge < -0.3 is 16.0 Å². The molecule has 2 aliphatic heterocycles. The first-order chi connectivity index (χ1) is 11.6. The lowest BCUT2D eigenvalue weighted by Gasteiger charge is -2.34. The van der Waals surface area contributed by atoms with Crippen molar-refractivity contribution in [1.29, 1.82) is 0 Å². The second-order valence-electron chi connectivity index (χ2n) is 6.53. The summed E-state index contributed by atoms with van der Waals surface area (Å²) >= 11 is 0. The highest BCUT2D eigenvalue weighted by atomic mass is 16.2. The van der Waals surface area contributed by atoms with E-state index in [1.807, 2.05) is 17.0 Å². The second kappa shape index (κ2) is 5.90. The van der Waals surface area contributed by atoms with Gasteiger partial charge in [-0.2, -0.15) is 9.78 Å². The topological polar surface area (TPSA) is 93.2 Å². The molecule has 3 heterocycles. The predicted molar refractivity (Wildman–Crippen MR) is 89.5 cm³/mol. The molecule has 4 rings (SSSR count). The molecule has 0 aliphatic carbocycles. The number of fused-ring (bicyclic) bond motifs is 3. The van der Waals surface area contributed by atoms with Gasteiger partial charge in [0.1, 0.15) is 0 Å². The van der Waals surface area contributed by atoms with Crippen LogP contribution in [-0.2, 0) is 17.8 Å². The van der Waals surface area contributed by atoms with Crippen LogP contribution in [-0.4, -0.2) is 45.8 Å². The normalized spacial score (nSPS) is 19.3. The van der Waals surface area contributed by atoms with Crippen LogP contribution in [0.4, 0.5) is 4.79 Å². The maximum absolute atomic E-state index is 12.6. The third kappa shape index (κ3) is 2.45. The van der Waals surface area contributed by atoms with Crippen molar-refractivity contribution in [3.63, 3.8) is 0 Å². The minimum Gasteiger partial charge on any atom is -0.350 e.